The van der Waals surface area contributed by atoms with Crippen molar-refractivity contribution in [1.82, 2.24) is 15.0 Å². The lowest BCUT2D eigenvalue weighted by atomic mass is 10.1. The fraction of sp³-hybridized carbons (Fsp3) is 0.292. The van der Waals surface area contributed by atoms with Gasteiger partial charge in [0, 0.05) is 54.1 Å². The minimum atomic E-state index is 0.295. The van der Waals surface area contributed by atoms with Crippen LogP contribution in [0.2, 0.25) is 0 Å². The van der Waals surface area contributed by atoms with Gasteiger partial charge >= 0.3 is 0 Å². The molecule has 2 aliphatic heterocycles. The Morgan fingerprint density at radius 3 is 2.84 bits per heavy atom. The lowest BCUT2D eigenvalue weighted by Crippen LogP contribution is -2.26. The Kier molecular flexibility index (Phi) is 5.85. The standard InChI is InChI=1S/C24H25N5O2S/c1-16-11-20(17(2)29(16)13-18-6-7-22-23(12-18)31-15-30-22)21-14-32-24(28-27-21)26-10-8-19-5-3-4-9-25-19/h3-7,9,11-12H,8,10,13-15H2,1-2H3,(H,26,28). The lowest BCUT2D eigenvalue weighted by Gasteiger charge is -2.15. The van der Waals surface area contributed by atoms with E-state index >= 15 is 0 Å². The molecule has 0 amide bonds. The van der Waals surface area contributed by atoms with Gasteiger partial charge in [0.15, 0.2) is 16.7 Å². The van der Waals surface area contributed by atoms with Crippen LogP contribution < -0.4 is 14.9 Å². The third kappa shape index (κ3) is 4.36. The molecule has 8 heteroatoms. The minimum Gasteiger partial charge on any atom is -0.454 e. The van der Waals surface area contributed by atoms with E-state index in [4.69, 9.17) is 9.47 Å². The molecule has 164 valence electrons. The summed E-state index contributed by atoms with van der Waals surface area (Å²) in [6.45, 7) is 6.06. The largest absolute Gasteiger partial charge is 0.454 e. The number of rotatable bonds is 6. The minimum absolute atomic E-state index is 0.295. The molecule has 1 aromatic carbocycles. The maximum absolute atomic E-state index is 5.52. The molecule has 0 bridgehead atoms. The summed E-state index contributed by atoms with van der Waals surface area (Å²) < 4.78 is 13.3. The second kappa shape index (κ2) is 9.08. The van der Waals surface area contributed by atoms with E-state index in [0.29, 0.717) is 13.3 Å². The van der Waals surface area contributed by atoms with Gasteiger partial charge in [-0.05, 0) is 49.7 Å². The highest BCUT2D eigenvalue weighted by Gasteiger charge is 2.19. The number of aryl methyl sites for hydroxylation is 1. The van der Waals surface area contributed by atoms with Crippen molar-refractivity contribution in [3.63, 3.8) is 0 Å². The van der Waals surface area contributed by atoms with E-state index in [-0.39, 0.29) is 0 Å². The van der Waals surface area contributed by atoms with Crippen LogP contribution in [0.4, 0.5) is 0 Å². The third-order valence-electron chi connectivity index (χ3n) is 5.64. The summed E-state index contributed by atoms with van der Waals surface area (Å²) in [5.74, 6) is 2.42. The SMILES string of the molecule is Cc1cc(C2=NNC(=NCCc3ccccn3)SC2)c(C)n1Cc1ccc2c(c1)OCO2. The number of pyridine rings is 1. The summed E-state index contributed by atoms with van der Waals surface area (Å²) in [7, 11) is 0. The van der Waals surface area contributed by atoms with Crippen LogP contribution in [0.5, 0.6) is 11.5 Å². The summed E-state index contributed by atoms with van der Waals surface area (Å²) in [5, 5.41) is 5.49. The molecule has 32 heavy (non-hydrogen) atoms. The van der Waals surface area contributed by atoms with E-state index in [2.05, 4.69) is 57.1 Å². The predicted molar refractivity (Wildman–Crippen MR) is 128 cm³/mol. The molecule has 4 heterocycles. The Morgan fingerprint density at radius 1 is 1.12 bits per heavy atom. The molecule has 5 rings (SSSR count). The number of hydrazone groups is 1. The molecule has 2 aliphatic rings. The molecular weight excluding hydrogens is 422 g/mol. The molecule has 0 radical (unpaired) electrons. The average Bonchev–Trinajstić information content (AvgIpc) is 3.40. The van der Waals surface area contributed by atoms with Crippen LogP contribution in [0.15, 0.2) is 58.8 Å². The van der Waals surface area contributed by atoms with Crippen molar-refractivity contribution < 1.29 is 9.47 Å². The summed E-state index contributed by atoms with van der Waals surface area (Å²) >= 11 is 1.69. The van der Waals surface area contributed by atoms with Crippen molar-refractivity contribution in [2.75, 3.05) is 19.1 Å². The van der Waals surface area contributed by atoms with E-state index in [1.807, 2.05) is 30.5 Å². The van der Waals surface area contributed by atoms with Crippen LogP contribution in [0, 0.1) is 13.8 Å². The predicted octanol–water partition coefficient (Wildman–Crippen LogP) is 3.92. The third-order valence-corrected chi connectivity index (χ3v) is 6.56. The van der Waals surface area contributed by atoms with Gasteiger partial charge in [0.05, 0.1) is 5.71 Å². The van der Waals surface area contributed by atoms with Crippen molar-refractivity contribution in [1.29, 1.82) is 0 Å². The highest BCUT2D eigenvalue weighted by molar-refractivity contribution is 8.14. The van der Waals surface area contributed by atoms with E-state index in [1.165, 1.54) is 22.5 Å². The first kappa shape index (κ1) is 20.6. The zero-order valence-corrected chi connectivity index (χ0v) is 19.0. The number of aliphatic imine (C=N–C) groups is 1. The van der Waals surface area contributed by atoms with Crippen LogP contribution in [-0.4, -0.2) is 39.5 Å². The quantitative estimate of drug-likeness (QED) is 0.620. The molecule has 2 aromatic heterocycles. The van der Waals surface area contributed by atoms with Crippen molar-refractivity contribution in [2.45, 2.75) is 26.8 Å². The number of thioether (sulfide) groups is 1. The number of nitrogens with zero attached hydrogens (tertiary/aromatic N) is 4. The van der Waals surface area contributed by atoms with Gasteiger partial charge in [-0.1, -0.05) is 23.9 Å². The van der Waals surface area contributed by atoms with Crippen LogP contribution >= 0.6 is 11.8 Å². The topological polar surface area (TPSA) is 73.0 Å². The van der Waals surface area contributed by atoms with Crippen LogP contribution in [0.3, 0.4) is 0 Å². The van der Waals surface area contributed by atoms with E-state index < -0.39 is 0 Å². The van der Waals surface area contributed by atoms with Crippen LogP contribution in [0.1, 0.15) is 28.2 Å². The number of fused-ring (bicyclic) bond motifs is 1. The first-order chi connectivity index (χ1) is 15.7. The number of benzene rings is 1. The highest BCUT2D eigenvalue weighted by Crippen LogP contribution is 2.33. The fourth-order valence-corrected chi connectivity index (χ4v) is 4.70. The van der Waals surface area contributed by atoms with E-state index in [1.54, 1.807) is 11.8 Å². The molecule has 3 aromatic rings. The Balaban J connectivity index is 1.26. The number of hydrogen-bond donors (Lipinski definition) is 1. The van der Waals surface area contributed by atoms with Crippen LogP contribution in [0.25, 0.3) is 0 Å². The molecule has 0 atom stereocenters. The molecule has 0 saturated carbocycles. The zero-order valence-electron chi connectivity index (χ0n) is 18.2. The molecular formula is C24H25N5O2S. The second-order valence-electron chi connectivity index (χ2n) is 7.78. The second-order valence-corrected chi connectivity index (χ2v) is 8.74. The highest BCUT2D eigenvalue weighted by atomic mass is 32.2. The fourth-order valence-electron chi connectivity index (χ4n) is 3.91. The van der Waals surface area contributed by atoms with E-state index in [9.17, 15) is 0 Å². The summed E-state index contributed by atoms with van der Waals surface area (Å²) in [4.78, 5) is 8.97. The van der Waals surface area contributed by atoms with Crippen molar-refractivity contribution in [2.24, 2.45) is 10.1 Å². The molecule has 7 nitrogen and oxygen atoms in total. The summed E-state index contributed by atoms with van der Waals surface area (Å²) in [5.41, 5.74) is 10.00. The smallest absolute Gasteiger partial charge is 0.231 e. The lowest BCUT2D eigenvalue weighted by molar-refractivity contribution is 0.174. The number of hydrogen-bond acceptors (Lipinski definition) is 6. The Labute approximate surface area is 191 Å². The average molecular weight is 448 g/mol. The van der Waals surface area contributed by atoms with Crippen molar-refractivity contribution in [3.8, 4) is 11.5 Å². The maximum atomic E-state index is 5.52. The number of nitrogens with one attached hydrogen (secondary N) is 1. The van der Waals surface area contributed by atoms with Gasteiger partial charge in [-0.25, -0.2) is 0 Å². The Morgan fingerprint density at radius 2 is 2.03 bits per heavy atom. The van der Waals surface area contributed by atoms with E-state index in [0.717, 1.165) is 46.8 Å². The van der Waals surface area contributed by atoms with Crippen molar-refractivity contribution in [3.05, 3.63) is 76.9 Å². The first-order valence-corrected chi connectivity index (χ1v) is 11.6. The molecule has 0 spiro atoms. The monoisotopic (exact) mass is 447 g/mol. The number of aromatic nitrogens is 2. The molecule has 1 N–H and O–H groups in total. The van der Waals surface area contributed by atoms with Gasteiger partial charge < -0.3 is 14.0 Å². The Hall–Kier alpha value is -3.26. The number of ether oxygens (including phenoxy) is 2. The van der Waals surface area contributed by atoms with Gasteiger partial charge in [-0.2, -0.15) is 5.10 Å². The zero-order chi connectivity index (χ0) is 21.9. The van der Waals surface area contributed by atoms with Gasteiger partial charge in [0.25, 0.3) is 0 Å². The van der Waals surface area contributed by atoms with Crippen molar-refractivity contribution >= 4 is 22.6 Å². The number of amidine groups is 1. The van der Waals surface area contributed by atoms with Crippen LogP contribution in [-0.2, 0) is 13.0 Å². The maximum Gasteiger partial charge on any atom is 0.231 e. The molecule has 0 aliphatic carbocycles. The summed E-state index contributed by atoms with van der Waals surface area (Å²) in [6.07, 6.45) is 2.64. The Bertz CT molecular complexity index is 1190. The molecule has 0 saturated heterocycles. The normalized spacial score (nSPS) is 16.2. The van der Waals surface area contributed by atoms with Gasteiger partial charge in [0.2, 0.25) is 6.79 Å². The summed E-state index contributed by atoms with van der Waals surface area (Å²) in [6, 6.07) is 14.3. The molecule has 0 fully saturated rings. The molecule has 0 unspecified atom stereocenters. The van der Waals surface area contributed by atoms with Gasteiger partial charge in [0.1, 0.15) is 0 Å². The van der Waals surface area contributed by atoms with Gasteiger partial charge in [-0.3, -0.25) is 15.4 Å². The van der Waals surface area contributed by atoms with Gasteiger partial charge in [-0.15, -0.1) is 0 Å². The first-order valence-electron chi connectivity index (χ1n) is 10.6.